The van der Waals surface area contributed by atoms with Crippen LogP contribution in [0.2, 0.25) is 0 Å². The Labute approximate surface area is 144 Å². The molecule has 0 unspecified atom stereocenters. The number of methoxy groups -OCH3 is 1. The molecule has 1 N–H and O–H groups in total. The van der Waals surface area contributed by atoms with Crippen molar-refractivity contribution in [2.45, 2.75) is 38.1 Å². The minimum atomic E-state index is 0.0164. The monoisotopic (exact) mass is 328 g/mol. The third-order valence-electron chi connectivity index (χ3n) is 5.43. The zero-order valence-corrected chi connectivity index (χ0v) is 15.0. The van der Waals surface area contributed by atoms with E-state index in [9.17, 15) is 4.79 Å². The fourth-order valence-electron chi connectivity index (χ4n) is 3.99. The summed E-state index contributed by atoms with van der Waals surface area (Å²) in [6, 6.07) is 8.99. The highest BCUT2D eigenvalue weighted by Gasteiger charge is 2.42. The lowest BCUT2D eigenvalue weighted by atomic mass is 9.74. The molecule has 4 nitrogen and oxygen atoms in total. The van der Waals surface area contributed by atoms with Gasteiger partial charge in [-0.2, -0.15) is 0 Å². The van der Waals surface area contributed by atoms with Crippen LogP contribution in [0.5, 0.6) is 0 Å². The summed E-state index contributed by atoms with van der Waals surface area (Å²) in [6.07, 6.45) is 4.39. The molecule has 0 radical (unpaired) electrons. The van der Waals surface area contributed by atoms with Gasteiger partial charge in [0.2, 0.25) is 0 Å². The summed E-state index contributed by atoms with van der Waals surface area (Å²) in [4.78, 5) is 15.2. The number of nitrogens with zero attached hydrogens (tertiary/aromatic N) is 1. The van der Waals surface area contributed by atoms with Crippen molar-refractivity contribution in [1.82, 2.24) is 10.2 Å². The van der Waals surface area contributed by atoms with E-state index in [0.717, 1.165) is 37.1 Å². The largest absolute Gasteiger partial charge is 0.383 e. The van der Waals surface area contributed by atoms with Gasteiger partial charge in [-0.3, -0.25) is 4.79 Å². The summed E-state index contributed by atoms with van der Waals surface area (Å²) in [5, 5.41) is 2.97. The average Bonchev–Trinajstić information content (AvgIpc) is 2.90. The zero-order chi connectivity index (χ0) is 17.2. The third-order valence-corrected chi connectivity index (χ3v) is 5.43. The van der Waals surface area contributed by atoms with Crippen molar-refractivity contribution in [2.75, 3.05) is 33.4 Å². The van der Waals surface area contributed by atoms with Gasteiger partial charge in [0.1, 0.15) is 0 Å². The second-order valence-corrected chi connectivity index (χ2v) is 7.14. The van der Waals surface area contributed by atoms with Crippen molar-refractivity contribution in [3.8, 4) is 0 Å². The SMILES string of the molecule is COCCNC(=O)C1=CC2(CCN(C(C)C)CC2)c2ccccc21. The Morgan fingerprint density at radius 2 is 2.00 bits per heavy atom. The van der Waals surface area contributed by atoms with Gasteiger partial charge in [-0.15, -0.1) is 0 Å². The fourth-order valence-corrected chi connectivity index (χ4v) is 3.99. The van der Waals surface area contributed by atoms with Gasteiger partial charge in [0, 0.05) is 30.7 Å². The minimum Gasteiger partial charge on any atom is -0.383 e. The van der Waals surface area contributed by atoms with Crippen LogP contribution < -0.4 is 5.32 Å². The molecule has 1 aromatic rings. The summed E-state index contributed by atoms with van der Waals surface area (Å²) < 4.78 is 5.03. The number of amides is 1. The maximum atomic E-state index is 12.6. The highest BCUT2D eigenvalue weighted by molar-refractivity contribution is 6.21. The van der Waals surface area contributed by atoms with Gasteiger partial charge in [-0.05, 0) is 50.9 Å². The van der Waals surface area contributed by atoms with Crippen LogP contribution in [0.3, 0.4) is 0 Å². The van der Waals surface area contributed by atoms with Crippen LogP contribution in [0, 0.1) is 0 Å². The summed E-state index contributed by atoms with van der Waals surface area (Å²) in [7, 11) is 1.65. The normalized spacial score (nSPS) is 19.4. The van der Waals surface area contributed by atoms with Crippen LogP contribution in [0.25, 0.3) is 5.57 Å². The van der Waals surface area contributed by atoms with E-state index < -0.39 is 0 Å². The second kappa shape index (κ2) is 7.08. The molecule has 1 aromatic carbocycles. The highest BCUT2D eigenvalue weighted by atomic mass is 16.5. The Balaban J connectivity index is 1.84. The van der Waals surface area contributed by atoms with Gasteiger partial charge in [0.15, 0.2) is 0 Å². The molecule has 0 aromatic heterocycles. The van der Waals surface area contributed by atoms with E-state index in [-0.39, 0.29) is 11.3 Å². The van der Waals surface area contributed by atoms with Crippen LogP contribution in [0.15, 0.2) is 30.3 Å². The molecule has 130 valence electrons. The number of piperidine rings is 1. The Morgan fingerprint density at radius 1 is 1.29 bits per heavy atom. The lowest BCUT2D eigenvalue weighted by molar-refractivity contribution is -0.115. The number of hydrogen-bond acceptors (Lipinski definition) is 3. The van der Waals surface area contributed by atoms with E-state index in [2.05, 4.69) is 48.3 Å². The number of allylic oxidation sites excluding steroid dienone is 1. The third kappa shape index (κ3) is 3.13. The number of carbonyl (C=O) groups excluding carboxylic acids is 1. The molecule has 1 heterocycles. The summed E-state index contributed by atoms with van der Waals surface area (Å²) in [5.74, 6) is 0.0164. The lowest BCUT2D eigenvalue weighted by Crippen LogP contribution is -2.44. The van der Waals surface area contributed by atoms with Crippen LogP contribution in [-0.4, -0.2) is 50.2 Å². The number of ether oxygens (including phenoxy) is 1. The zero-order valence-electron chi connectivity index (χ0n) is 15.0. The molecule has 1 spiro atoms. The molecule has 0 bridgehead atoms. The van der Waals surface area contributed by atoms with E-state index in [1.165, 1.54) is 5.56 Å². The number of benzene rings is 1. The minimum absolute atomic E-state index is 0.0164. The van der Waals surface area contributed by atoms with Crippen LogP contribution in [-0.2, 0) is 14.9 Å². The Kier molecular flexibility index (Phi) is 5.07. The summed E-state index contributed by atoms with van der Waals surface area (Å²) in [6.45, 7) is 7.76. The fraction of sp³-hybridized carbons (Fsp3) is 0.550. The smallest absolute Gasteiger partial charge is 0.251 e. The first-order valence-corrected chi connectivity index (χ1v) is 8.91. The summed E-state index contributed by atoms with van der Waals surface area (Å²) in [5.41, 5.74) is 3.28. The van der Waals surface area contributed by atoms with Crippen molar-refractivity contribution in [3.05, 3.63) is 41.5 Å². The summed E-state index contributed by atoms with van der Waals surface area (Å²) >= 11 is 0. The number of nitrogens with one attached hydrogen (secondary N) is 1. The van der Waals surface area contributed by atoms with E-state index >= 15 is 0 Å². The van der Waals surface area contributed by atoms with Crippen molar-refractivity contribution in [3.63, 3.8) is 0 Å². The predicted octanol–water partition coefficient (Wildman–Crippen LogP) is 2.59. The molecule has 3 rings (SSSR count). The van der Waals surface area contributed by atoms with E-state index in [1.54, 1.807) is 7.11 Å². The molecule has 1 aliphatic heterocycles. The number of fused-ring (bicyclic) bond motifs is 2. The Hall–Kier alpha value is -1.65. The van der Waals surface area contributed by atoms with Gasteiger partial charge in [-0.1, -0.05) is 30.3 Å². The number of rotatable bonds is 5. The molecule has 1 amide bonds. The topological polar surface area (TPSA) is 41.6 Å². The van der Waals surface area contributed by atoms with Crippen molar-refractivity contribution < 1.29 is 9.53 Å². The molecular weight excluding hydrogens is 300 g/mol. The average molecular weight is 328 g/mol. The standard InChI is InChI=1S/C20H28N2O2/c1-15(2)22-11-8-20(9-12-22)14-17(19(23)21-10-13-24-3)16-6-4-5-7-18(16)20/h4-7,14-15H,8-13H2,1-3H3,(H,21,23). The van der Waals surface area contributed by atoms with Crippen molar-refractivity contribution >= 4 is 11.5 Å². The molecule has 0 saturated carbocycles. The van der Waals surface area contributed by atoms with Gasteiger partial charge in [0.25, 0.3) is 5.91 Å². The van der Waals surface area contributed by atoms with Crippen molar-refractivity contribution in [2.24, 2.45) is 0 Å². The molecule has 0 atom stereocenters. The molecule has 4 heteroatoms. The predicted molar refractivity (Wildman–Crippen MR) is 96.9 cm³/mol. The van der Waals surface area contributed by atoms with Crippen molar-refractivity contribution in [1.29, 1.82) is 0 Å². The molecular formula is C20H28N2O2. The number of likely N-dealkylation sites (tertiary alicyclic amines) is 1. The van der Waals surface area contributed by atoms with Crippen LogP contribution in [0.4, 0.5) is 0 Å². The van der Waals surface area contributed by atoms with E-state index in [1.807, 2.05) is 6.07 Å². The quantitative estimate of drug-likeness (QED) is 0.845. The van der Waals surface area contributed by atoms with E-state index in [0.29, 0.717) is 19.2 Å². The van der Waals surface area contributed by atoms with Crippen LogP contribution >= 0.6 is 0 Å². The van der Waals surface area contributed by atoms with Gasteiger partial charge < -0.3 is 15.0 Å². The maximum absolute atomic E-state index is 12.6. The molecule has 1 fully saturated rings. The molecule has 2 aliphatic rings. The highest BCUT2D eigenvalue weighted by Crippen LogP contribution is 2.47. The Morgan fingerprint density at radius 3 is 2.67 bits per heavy atom. The van der Waals surface area contributed by atoms with Gasteiger partial charge >= 0.3 is 0 Å². The first-order chi connectivity index (χ1) is 11.6. The first kappa shape index (κ1) is 17.2. The van der Waals surface area contributed by atoms with E-state index in [4.69, 9.17) is 4.74 Å². The number of carbonyl (C=O) groups is 1. The van der Waals surface area contributed by atoms with Gasteiger partial charge in [-0.25, -0.2) is 0 Å². The Bertz CT molecular complexity index is 628. The second-order valence-electron chi connectivity index (χ2n) is 7.14. The molecule has 24 heavy (non-hydrogen) atoms. The maximum Gasteiger partial charge on any atom is 0.251 e. The molecule has 1 aliphatic carbocycles. The first-order valence-electron chi connectivity index (χ1n) is 8.91. The van der Waals surface area contributed by atoms with Gasteiger partial charge in [0.05, 0.1) is 6.61 Å². The lowest BCUT2D eigenvalue weighted by Gasteiger charge is -2.41. The molecule has 1 saturated heterocycles. The van der Waals surface area contributed by atoms with Crippen LogP contribution in [0.1, 0.15) is 37.8 Å². The number of hydrogen-bond donors (Lipinski definition) is 1.